The molecule has 2 fully saturated rings. The topological polar surface area (TPSA) is 58.8 Å². The van der Waals surface area contributed by atoms with Gasteiger partial charge in [0.25, 0.3) is 0 Å². The van der Waals surface area contributed by atoms with Crippen LogP contribution >= 0.6 is 0 Å². The van der Waals surface area contributed by atoms with E-state index < -0.39 is 0 Å². The molecule has 6 nitrogen and oxygen atoms in total. The first-order valence-electron chi connectivity index (χ1n) is 7.85. The average molecular weight is 313 g/mol. The number of carbonyl (C=O) groups excluding carboxylic acids is 1. The summed E-state index contributed by atoms with van der Waals surface area (Å²) in [5.74, 6) is 0.975. The zero-order chi connectivity index (χ0) is 15.6. The second-order valence-electron chi connectivity index (χ2n) is 6.03. The van der Waals surface area contributed by atoms with E-state index in [0.717, 1.165) is 31.1 Å². The molecule has 2 atom stereocenters. The fourth-order valence-electron chi connectivity index (χ4n) is 3.37. The normalized spacial score (nSPS) is 24.9. The highest BCUT2D eigenvalue weighted by Gasteiger charge is 2.43. The number of rotatable bonds is 4. The van der Waals surface area contributed by atoms with Crippen molar-refractivity contribution in [2.75, 3.05) is 19.7 Å². The number of aromatic nitrogens is 1. The summed E-state index contributed by atoms with van der Waals surface area (Å²) in [4.78, 5) is 20.8. The van der Waals surface area contributed by atoms with Crippen molar-refractivity contribution in [2.45, 2.75) is 25.2 Å². The zero-order valence-electron chi connectivity index (χ0n) is 12.8. The number of hydrogen-bond acceptors (Lipinski definition) is 5. The Morgan fingerprint density at radius 2 is 2.13 bits per heavy atom. The lowest BCUT2D eigenvalue weighted by atomic mass is 10.1. The molecular weight excluding hydrogens is 294 g/mol. The maximum absolute atomic E-state index is 12.3. The predicted molar refractivity (Wildman–Crippen MR) is 82.3 cm³/mol. The van der Waals surface area contributed by atoms with Crippen LogP contribution in [0.4, 0.5) is 0 Å². The van der Waals surface area contributed by atoms with Crippen molar-refractivity contribution in [3.05, 3.63) is 54.2 Å². The van der Waals surface area contributed by atoms with Crippen LogP contribution in [0.15, 0.2) is 47.2 Å². The van der Waals surface area contributed by atoms with Crippen molar-refractivity contribution >= 4 is 5.91 Å². The summed E-state index contributed by atoms with van der Waals surface area (Å²) in [6.07, 6.45) is 3.51. The summed E-state index contributed by atoms with van der Waals surface area (Å²) in [7, 11) is 0. The molecule has 1 amide bonds. The molecule has 23 heavy (non-hydrogen) atoms. The van der Waals surface area contributed by atoms with E-state index in [0.29, 0.717) is 6.54 Å². The van der Waals surface area contributed by atoms with Crippen LogP contribution in [0.1, 0.15) is 11.5 Å². The molecule has 6 heteroatoms. The van der Waals surface area contributed by atoms with Gasteiger partial charge >= 0.3 is 0 Å². The quantitative estimate of drug-likeness (QED) is 0.851. The van der Waals surface area contributed by atoms with Gasteiger partial charge in [-0.3, -0.25) is 14.7 Å². The van der Waals surface area contributed by atoms with Crippen molar-refractivity contribution in [3.63, 3.8) is 0 Å². The van der Waals surface area contributed by atoms with Gasteiger partial charge in [0, 0.05) is 19.3 Å². The lowest BCUT2D eigenvalue weighted by Crippen LogP contribution is -2.53. The van der Waals surface area contributed by atoms with Gasteiger partial charge in [-0.25, -0.2) is 0 Å². The average Bonchev–Trinajstić information content (AvgIpc) is 3.21. The van der Waals surface area contributed by atoms with Gasteiger partial charge in [-0.15, -0.1) is 0 Å². The Morgan fingerprint density at radius 1 is 1.17 bits per heavy atom. The van der Waals surface area contributed by atoms with Crippen LogP contribution in [0, 0.1) is 0 Å². The number of fused-ring (bicyclic) bond motifs is 1. The Hall–Kier alpha value is -2.18. The first-order chi connectivity index (χ1) is 11.3. The molecule has 2 aliphatic rings. The second kappa shape index (κ2) is 6.14. The number of amides is 1. The molecule has 2 aliphatic heterocycles. The van der Waals surface area contributed by atoms with Crippen molar-refractivity contribution in [3.8, 4) is 0 Å². The molecule has 0 aliphatic carbocycles. The summed E-state index contributed by atoms with van der Waals surface area (Å²) in [5.41, 5.74) is 0.908. The first-order valence-corrected chi connectivity index (χ1v) is 7.85. The number of furan rings is 1. The van der Waals surface area contributed by atoms with E-state index in [4.69, 9.17) is 9.15 Å². The number of likely N-dealkylation sites (tertiary alicyclic amines) is 1. The number of hydrogen-bond donors (Lipinski definition) is 0. The minimum Gasteiger partial charge on any atom is -0.468 e. The lowest BCUT2D eigenvalue weighted by Gasteiger charge is -2.36. The largest absolute Gasteiger partial charge is 0.468 e. The van der Waals surface area contributed by atoms with E-state index >= 15 is 0 Å². The summed E-state index contributed by atoms with van der Waals surface area (Å²) < 4.78 is 11.2. The van der Waals surface area contributed by atoms with Crippen LogP contribution in [0.25, 0.3) is 0 Å². The van der Waals surface area contributed by atoms with Crippen LogP contribution in [0.5, 0.6) is 0 Å². The van der Waals surface area contributed by atoms with Crippen LogP contribution in [0.2, 0.25) is 0 Å². The SMILES string of the molecule is O=C1COC2CN(Cc3ccco3)CC2N1Cc1ccccn1. The number of nitrogens with zero attached hydrogens (tertiary/aromatic N) is 3. The highest BCUT2D eigenvalue weighted by Crippen LogP contribution is 2.26. The fourth-order valence-corrected chi connectivity index (χ4v) is 3.37. The molecule has 2 unspecified atom stereocenters. The zero-order valence-corrected chi connectivity index (χ0v) is 12.8. The van der Waals surface area contributed by atoms with Crippen molar-refractivity contribution in [1.29, 1.82) is 0 Å². The van der Waals surface area contributed by atoms with Crippen LogP contribution in [-0.2, 0) is 22.6 Å². The Morgan fingerprint density at radius 3 is 2.91 bits per heavy atom. The molecule has 0 N–H and O–H groups in total. The van der Waals surface area contributed by atoms with Gasteiger partial charge in [-0.2, -0.15) is 0 Å². The molecule has 4 heterocycles. The third-order valence-electron chi connectivity index (χ3n) is 4.47. The van der Waals surface area contributed by atoms with E-state index in [-0.39, 0.29) is 24.7 Å². The summed E-state index contributed by atoms with van der Waals surface area (Å²) in [6.45, 7) is 3.05. The van der Waals surface area contributed by atoms with Crippen molar-refractivity contribution < 1.29 is 13.9 Å². The molecule has 0 aromatic carbocycles. The number of pyridine rings is 1. The molecule has 2 aromatic heterocycles. The lowest BCUT2D eigenvalue weighted by molar-refractivity contribution is -0.154. The highest BCUT2D eigenvalue weighted by molar-refractivity contribution is 5.78. The molecule has 0 radical (unpaired) electrons. The van der Waals surface area contributed by atoms with Crippen LogP contribution < -0.4 is 0 Å². The maximum Gasteiger partial charge on any atom is 0.249 e. The third kappa shape index (κ3) is 3.00. The minimum atomic E-state index is 0.0387. The van der Waals surface area contributed by atoms with Gasteiger partial charge in [0.2, 0.25) is 5.91 Å². The van der Waals surface area contributed by atoms with Gasteiger partial charge in [-0.1, -0.05) is 6.07 Å². The van der Waals surface area contributed by atoms with E-state index in [1.807, 2.05) is 35.2 Å². The van der Waals surface area contributed by atoms with Crippen molar-refractivity contribution in [2.24, 2.45) is 0 Å². The molecule has 0 saturated carbocycles. The Labute approximate surface area is 134 Å². The van der Waals surface area contributed by atoms with Crippen LogP contribution in [0.3, 0.4) is 0 Å². The first kappa shape index (κ1) is 14.4. The smallest absolute Gasteiger partial charge is 0.249 e. The molecule has 0 spiro atoms. The van der Waals surface area contributed by atoms with Gasteiger partial charge in [0.15, 0.2) is 0 Å². The van der Waals surface area contributed by atoms with E-state index in [2.05, 4.69) is 9.88 Å². The fraction of sp³-hybridized carbons (Fsp3) is 0.412. The monoisotopic (exact) mass is 313 g/mol. The van der Waals surface area contributed by atoms with Gasteiger partial charge in [-0.05, 0) is 24.3 Å². The van der Waals surface area contributed by atoms with E-state index in [1.165, 1.54) is 0 Å². The molecular formula is C17H19N3O3. The molecule has 2 saturated heterocycles. The van der Waals surface area contributed by atoms with E-state index in [1.54, 1.807) is 12.5 Å². The summed E-state index contributed by atoms with van der Waals surface area (Å²) >= 11 is 0. The van der Waals surface area contributed by atoms with Gasteiger partial charge < -0.3 is 14.1 Å². The number of ether oxygens (including phenoxy) is 1. The Balaban J connectivity index is 1.47. The van der Waals surface area contributed by atoms with E-state index in [9.17, 15) is 4.79 Å². The van der Waals surface area contributed by atoms with Gasteiger partial charge in [0.1, 0.15) is 12.4 Å². The maximum atomic E-state index is 12.3. The van der Waals surface area contributed by atoms with Crippen molar-refractivity contribution in [1.82, 2.24) is 14.8 Å². The number of morpholine rings is 1. The molecule has 2 aromatic rings. The molecule has 0 bridgehead atoms. The summed E-state index contributed by atoms with van der Waals surface area (Å²) in [5, 5.41) is 0. The second-order valence-corrected chi connectivity index (χ2v) is 6.03. The standard InChI is InChI=1S/C17H19N3O3/c21-17-12-23-16-11-19(9-14-5-3-7-22-14)10-15(16)20(17)8-13-4-1-2-6-18-13/h1-7,15-16H,8-12H2. The molecule has 4 rings (SSSR count). The minimum absolute atomic E-state index is 0.0387. The Bertz CT molecular complexity index is 659. The summed E-state index contributed by atoms with van der Waals surface area (Å²) in [6, 6.07) is 9.73. The molecule has 120 valence electrons. The van der Waals surface area contributed by atoms with Crippen LogP contribution in [-0.4, -0.2) is 52.5 Å². The van der Waals surface area contributed by atoms with Gasteiger partial charge in [0.05, 0.1) is 37.2 Å². The number of carbonyl (C=O) groups is 1. The third-order valence-corrected chi connectivity index (χ3v) is 4.47. The Kier molecular flexibility index (Phi) is 3.85. The highest BCUT2D eigenvalue weighted by atomic mass is 16.5. The predicted octanol–water partition coefficient (Wildman–Crippen LogP) is 1.29.